The largest absolute Gasteiger partial charge is 0.504 e. The summed E-state index contributed by atoms with van der Waals surface area (Å²) in [5.74, 6) is 2.28. The van der Waals surface area contributed by atoms with E-state index in [1.54, 1.807) is 18.3 Å². The topological polar surface area (TPSA) is 77.9 Å². The first-order valence-electron chi connectivity index (χ1n) is 9.96. The highest BCUT2D eigenvalue weighted by atomic mass is 16.5. The molecule has 4 rings (SSSR count). The number of aromatic nitrogens is 1. The smallest absolute Gasteiger partial charge is 0.309 e. The van der Waals surface area contributed by atoms with Crippen LogP contribution in [-0.4, -0.2) is 29.8 Å². The molecule has 152 valence electrons. The Hall–Kier alpha value is -3.02. The number of carbonyl (C=O) groups excluding carboxylic acids is 1. The fourth-order valence-electron chi connectivity index (χ4n) is 4.29. The summed E-state index contributed by atoms with van der Waals surface area (Å²) in [5.41, 5.74) is 0.634. The molecule has 2 aliphatic rings. The minimum atomic E-state index is -0.100. The first kappa shape index (κ1) is 19.3. The van der Waals surface area contributed by atoms with Gasteiger partial charge in [0.25, 0.3) is 0 Å². The van der Waals surface area contributed by atoms with E-state index in [4.69, 9.17) is 14.2 Å². The lowest BCUT2D eigenvalue weighted by Gasteiger charge is -2.36. The highest BCUT2D eigenvalue weighted by Crippen LogP contribution is 2.42. The van der Waals surface area contributed by atoms with E-state index in [9.17, 15) is 9.90 Å². The molecule has 1 heterocycles. The lowest BCUT2D eigenvalue weighted by molar-refractivity contribution is -0.150. The zero-order valence-corrected chi connectivity index (χ0v) is 16.6. The van der Waals surface area contributed by atoms with Crippen molar-refractivity contribution in [3.8, 4) is 17.2 Å². The van der Waals surface area contributed by atoms with Crippen molar-refractivity contribution in [2.24, 2.45) is 17.8 Å². The van der Waals surface area contributed by atoms with Crippen LogP contribution in [0.25, 0.3) is 10.9 Å². The lowest BCUT2D eigenvalue weighted by Crippen LogP contribution is -2.34. The van der Waals surface area contributed by atoms with Crippen LogP contribution in [-0.2, 0) is 9.53 Å². The number of aromatic hydroxyl groups is 1. The number of benzene rings is 1. The van der Waals surface area contributed by atoms with E-state index in [0.29, 0.717) is 23.6 Å². The zero-order chi connectivity index (χ0) is 20.4. The Bertz CT molecular complexity index is 981. The molecule has 1 N–H and O–H groups in total. The van der Waals surface area contributed by atoms with Crippen molar-refractivity contribution in [3.63, 3.8) is 0 Å². The molecule has 2 aliphatic carbocycles. The molecular weight excluding hydrogens is 370 g/mol. The molecule has 0 fully saturated rings. The molecule has 6 nitrogen and oxygen atoms in total. The number of methoxy groups -OCH3 is 1. The summed E-state index contributed by atoms with van der Waals surface area (Å²) in [4.78, 5) is 16.6. The van der Waals surface area contributed by atoms with Crippen LogP contribution in [0.1, 0.15) is 26.2 Å². The van der Waals surface area contributed by atoms with Gasteiger partial charge in [0, 0.05) is 24.1 Å². The third-order valence-electron chi connectivity index (χ3n) is 5.73. The normalized spacial score (nSPS) is 23.2. The maximum atomic E-state index is 12.3. The zero-order valence-electron chi connectivity index (χ0n) is 16.6. The average molecular weight is 395 g/mol. The number of hydrogen-bond acceptors (Lipinski definition) is 6. The number of hydrogen-bond donors (Lipinski definition) is 1. The molecule has 0 saturated carbocycles. The molecule has 0 bridgehead atoms. The SMILES string of the molecule is CCOC(=O)C1CC=CC2CC(Oc3ccnc4cc(O)c(OC)cc34)=CCC21. The van der Waals surface area contributed by atoms with Crippen molar-refractivity contribution < 1.29 is 24.1 Å². The van der Waals surface area contributed by atoms with Crippen molar-refractivity contribution >= 4 is 16.9 Å². The summed E-state index contributed by atoms with van der Waals surface area (Å²) < 4.78 is 16.7. The molecule has 2 aromatic rings. The summed E-state index contributed by atoms with van der Waals surface area (Å²) in [5, 5.41) is 10.8. The van der Waals surface area contributed by atoms with Gasteiger partial charge in [0.15, 0.2) is 11.5 Å². The third-order valence-corrected chi connectivity index (χ3v) is 5.73. The number of phenols is 1. The van der Waals surface area contributed by atoms with Gasteiger partial charge < -0.3 is 19.3 Å². The molecule has 0 saturated heterocycles. The number of rotatable bonds is 5. The highest BCUT2D eigenvalue weighted by Gasteiger charge is 2.38. The van der Waals surface area contributed by atoms with E-state index in [2.05, 4.69) is 23.2 Å². The second kappa shape index (κ2) is 8.15. The Morgan fingerprint density at radius 1 is 1.28 bits per heavy atom. The van der Waals surface area contributed by atoms with Crippen molar-refractivity contribution in [1.82, 2.24) is 4.98 Å². The molecule has 3 unspecified atom stereocenters. The van der Waals surface area contributed by atoms with Gasteiger partial charge in [-0.15, -0.1) is 0 Å². The van der Waals surface area contributed by atoms with Crippen LogP contribution in [0.15, 0.2) is 48.4 Å². The predicted octanol–water partition coefficient (Wildman–Crippen LogP) is 4.38. The average Bonchev–Trinajstić information content (AvgIpc) is 2.73. The molecule has 1 aromatic heterocycles. The molecule has 6 heteroatoms. The first-order valence-corrected chi connectivity index (χ1v) is 9.96. The van der Waals surface area contributed by atoms with Gasteiger partial charge in [-0.2, -0.15) is 0 Å². The van der Waals surface area contributed by atoms with Gasteiger partial charge >= 0.3 is 5.97 Å². The molecular formula is C23H25NO5. The summed E-state index contributed by atoms with van der Waals surface area (Å²) >= 11 is 0. The maximum absolute atomic E-state index is 12.3. The number of esters is 1. The highest BCUT2D eigenvalue weighted by molar-refractivity contribution is 5.88. The summed E-state index contributed by atoms with van der Waals surface area (Å²) in [6.07, 6.45) is 10.3. The number of allylic oxidation sites excluding steroid dienone is 4. The summed E-state index contributed by atoms with van der Waals surface area (Å²) in [7, 11) is 1.51. The fraction of sp³-hybridized carbons (Fsp3) is 0.391. The standard InChI is InChI=1S/C23H25NO5/c1-3-28-23(26)17-6-4-5-14-11-15(7-8-16(14)17)29-21-9-10-24-19-13-20(25)22(27-2)12-18(19)21/h4-5,7,9-10,12-14,16-17,25H,3,6,8,11H2,1-2H3. The Morgan fingerprint density at radius 3 is 2.93 bits per heavy atom. The van der Waals surface area contributed by atoms with Gasteiger partial charge in [-0.3, -0.25) is 9.78 Å². The van der Waals surface area contributed by atoms with Gasteiger partial charge in [0.05, 0.1) is 25.2 Å². The molecule has 0 aliphatic heterocycles. The van der Waals surface area contributed by atoms with E-state index in [0.717, 1.165) is 30.4 Å². The number of phenolic OH excluding ortho intramolecular Hbond substituents is 1. The van der Waals surface area contributed by atoms with Gasteiger partial charge in [-0.1, -0.05) is 12.2 Å². The van der Waals surface area contributed by atoms with Crippen molar-refractivity contribution in [1.29, 1.82) is 0 Å². The number of pyridine rings is 1. The second-order valence-electron chi connectivity index (χ2n) is 7.41. The van der Waals surface area contributed by atoms with Gasteiger partial charge in [-0.25, -0.2) is 0 Å². The molecule has 0 spiro atoms. The molecule has 1 aromatic carbocycles. The van der Waals surface area contributed by atoms with Crippen LogP contribution in [0.5, 0.6) is 17.2 Å². The third kappa shape index (κ3) is 3.79. The second-order valence-corrected chi connectivity index (χ2v) is 7.41. The number of fused-ring (bicyclic) bond motifs is 2. The van der Waals surface area contributed by atoms with E-state index < -0.39 is 0 Å². The van der Waals surface area contributed by atoms with Crippen LogP contribution in [0.4, 0.5) is 0 Å². The molecule has 0 radical (unpaired) electrons. The van der Waals surface area contributed by atoms with Crippen molar-refractivity contribution in [2.75, 3.05) is 13.7 Å². The van der Waals surface area contributed by atoms with E-state index in [-0.39, 0.29) is 29.5 Å². The Balaban J connectivity index is 1.57. The minimum Gasteiger partial charge on any atom is -0.504 e. The number of carbonyl (C=O) groups is 1. The number of nitrogens with zero attached hydrogens (tertiary/aromatic N) is 1. The maximum Gasteiger partial charge on any atom is 0.309 e. The fourth-order valence-corrected chi connectivity index (χ4v) is 4.29. The minimum absolute atomic E-state index is 0.0433. The molecule has 3 atom stereocenters. The van der Waals surface area contributed by atoms with Crippen LogP contribution in [0.2, 0.25) is 0 Å². The Labute approximate surface area is 169 Å². The summed E-state index contributed by atoms with van der Waals surface area (Å²) in [6.45, 7) is 2.25. The quantitative estimate of drug-likeness (QED) is 0.598. The van der Waals surface area contributed by atoms with Gasteiger partial charge in [0.1, 0.15) is 11.5 Å². The lowest BCUT2D eigenvalue weighted by atomic mass is 9.70. The Kier molecular flexibility index (Phi) is 5.43. The van der Waals surface area contributed by atoms with Crippen molar-refractivity contribution in [3.05, 3.63) is 48.4 Å². The monoisotopic (exact) mass is 395 g/mol. The van der Waals surface area contributed by atoms with Crippen LogP contribution in [0, 0.1) is 17.8 Å². The van der Waals surface area contributed by atoms with Crippen molar-refractivity contribution in [2.45, 2.75) is 26.2 Å². The first-order chi connectivity index (χ1) is 14.1. The van der Waals surface area contributed by atoms with Gasteiger partial charge in [0.2, 0.25) is 0 Å². The van der Waals surface area contributed by atoms with Gasteiger partial charge in [-0.05, 0) is 49.8 Å². The Morgan fingerprint density at radius 2 is 2.14 bits per heavy atom. The molecule has 29 heavy (non-hydrogen) atoms. The number of ether oxygens (including phenoxy) is 3. The molecule has 0 amide bonds. The van der Waals surface area contributed by atoms with Crippen LogP contribution < -0.4 is 9.47 Å². The van der Waals surface area contributed by atoms with E-state index in [1.165, 1.54) is 7.11 Å². The van der Waals surface area contributed by atoms with E-state index in [1.807, 2.05) is 13.0 Å². The van der Waals surface area contributed by atoms with Crippen LogP contribution >= 0.6 is 0 Å². The predicted molar refractivity (Wildman–Crippen MR) is 109 cm³/mol. The van der Waals surface area contributed by atoms with Crippen LogP contribution in [0.3, 0.4) is 0 Å². The van der Waals surface area contributed by atoms with E-state index >= 15 is 0 Å². The summed E-state index contributed by atoms with van der Waals surface area (Å²) in [6, 6.07) is 5.11.